The van der Waals surface area contributed by atoms with E-state index in [4.69, 9.17) is 5.11 Å². The number of halogens is 1. The van der Waals surface area contributed by atoms with E-state index in [1.807, 2.05) is 4.98 Å². The topological polar surface area (TPSA) is 111 Å². The van der Waals surface area contributed by atoms with E-state index in [9.17, 15) is 18.8 Å². The highest BCUT2D eigenvalue weighted by atomic mass is 19.1. The molecule has 0 bridgehead atoms. The summed E-state index contributed by atoms with van der Waals surface area (Å²) in [5.41, 5.74) is -1.63. The summed E-state index contributed by atoms with van der Waals surface area (Å²) in [5, 5.41) is 13.6. The standard InChI is InChI=1S/C10H12FN3O4/c1-4(9(17)12-2)14-10(18)5-3-13-8(11)7(16)6(5)15/h3-4,16H,1-2H3,(H,12,17)(H,13,15)(H,14,18). The second-order valence-electron chi connectivity index (χ2n) is 3.50. The minimum absolute atomic E-state index is 0.453. The molecule has 0 aliphatic rings. The number of hydrogen-bond donors (Lipinski definition) is 4. The normalized spacial score (nSPS) is 11.7. The number of aromatic hydroxyl groups is 1. The van der Waals surface area contributed by atoms with Crippen LogP contribution >= 0.6 is 0 Å². The van der Waals surface area contributed by atoms with Crippen molar-refractivity contribution < 1.29 is 19.1 Å². The number of pyridine rings is 1. The van der Waals surface area contributed by atoms with Gasteiger partial charge >= 0.3 is 0 Å². The molecule has 0 radical (unpaired) electrons. The zero-order valence-electron chi connectivity index (χ0n) is 9.70. The fourth-order valence-corrected chi connectivity index (χ4v) is 1.22. The number of amides is 2. The third kappa shape index (κ3) is 2.65. The molecule has 1 heterocycles. The average Bonchev–Trinajstić information content (AvgIpc) is 2.34. The Labute approximate surface area is 101 Å². The number of hydrogen-bond acceptors (Lipinski definition) is 4. The summed E-state index contributed by atoms with van der Waals surface area (Å²) in [5.74, 6) is -3.74. The van der Waals surface area contributed by atoms with Crippen LogP contribution in [0.2, 0.25) is 0 Å². The molecule has 8 heteroatoms. The van der Waals surface area contributed by atoms with Crippen molar-refractivity contribution in [2.24, 2.45) is 0 Å². The summed E-state index contributed by atoms with van der Waals surface area (Å²) >= 11 is 0. The molecule has 98 valence electrons. The van der Waals surface area contributed by atoms with Crippen LogP contribution in [0.4, 0.5) is 4.39 Å². The van der Waals surface area contributed by atoms with Crippen molar-refractivity contribution in [3.05, 3.63) is 27.9 Å². The second kappa shape index (κ2) is 5.30. The Kier molecular flexibility index (Phi) is 4.03. The smallest absolute Gasteiger partial charge is 0.257 e. The summed E-state index contributed by atoms with van der Waals surface area (Å²) in [6.07, 6.45) is 0.823. The molecule has 0 saturated carbocycles. The second-order valence-corrected chi connectivity index (χ2v) is 3.50. The van der Waals surface area contributed by atoms with Crippen LogP contribution in [0.15, 0.2) is 11.0 Å². The maximum Gasteiger partial charge on any atom is 0.257 e. The third-order valence-electron chi connectivity index (χ3n) is 2.24. The van der Waals surface area contributed by atoms with Gasteiger partial charge < -0.3 is 20.7 Å². The van der Waals surface area contributed by atoms with E-state index in [2.05, 4.69) is 10.6 Å². The fraction of sp³-hybridized carbons (Fsp3) is 0.300. The number of H-pyrrole nitrogens is 1. The number of carbonyl (C=O) groups is 2. The fourth-order valence-electron chi connectivity index (χ4n) is 1.22. The van der Waals surface area contributed by atoms with E-state index in [0.717, 1.165) is 6.20 Å². The molecule has 0 aliphatic heterocycles. The largest absolute Gasteiger partial charge is 0.501 e. The molecule has 1 aromatic heterocycles. The number of aromatic amines is 1. The molecule has 1 atom stereocenters. The van der Waals surface area contributed by atoms with Crippen molar-refractivity contribution in [2.75, 3.05) is 7.05 Å². The summed E-state index contributed by atoms with van der Waals surface area (Å²) in [6, 6.07) is -0.867. The van der Waals surface area contributed by atoms with Crippen molar-refractivity contribution in [1.82, 2.24) is 15.6 Å². The van der Waals surface area contributed by atoms with Gasteiger partial charge in [-0.2, -0.15) is 4.39 Å². The molecule has 0 fully saturated rings. The highest BCUT2D eigenvalue weighted by molar-refractivity contribution is 5.97. The Morgan fingerprint density at radius 3 is 2.67 bits per heavy atom. The zero-order valence-corrected chi connectivity index (χ0v) is 9.70. The molecule has 0 aromatic carbocycles. The summed E-state index contributed by atoms with van der Waals surface area (Å²) in [6.45, 7) is 1.41. The maximum absolute atomic E-state index is 12.8. The number of nitrogens with one attached hydrogen (secondary N) is 3. The first-order chi connectivity index (χ1) is 8.38. The lowest BCUT2D eigenvalue weighted by molar-refractivity contribution is -0.122. The zero-order chi connectivity index (χ0) is 13.9. The van der Waals surface area contributed by atoms with Crippen molar-refractivity contribution in [3.63, 3.8) is 0 Å². The molecule has 0 aliphatic carbocycles. The van der Waals surface area contributed by atoms with Gasteiger partial charge in [-0.25, -0.2) is 0 Å². The van der Waals surface area contributed by atoms with Crippen LogP contribution in [0.5, 0.6) is 5.75 Å². The molecule has 0 spiro atoms. The Morgan fingerprint density at radius 1 is 1.50 bits per heavy atom. The van der Waals surface area contributed by atoms with Crippen LogP contribution in [0.3, 0.4) is 0 Å². The molecular weight excluding hydrogens is 245 g/mol. The monoisotopic (exact) mass is 257 g/mol. The Bertz CT molecular complexity index is 540. The first-order valence-electron chi connectivity index (χ1n) is 5.01. The molecule has 1 aromatic rings. The lowest BCUT2D eigenvalue weighted by Crippen LogP contribution is -2.44. The maximum atomic E-state index is 12.8. The van der Waals surface area contributed by atoms with E-state index < -0.39 is 40.5 Å². The van der Waals surface area contributed by atoms with Gasteiger partial charge in [-0.15, -0.1) is 0 Å². The van der Waals surface area contributed by atoms with Gasteiger partial charge in [0.15, 0.2) is 0 Å². The molecule has 18 heavy (non-hydrogen) atoms. The van der Waals surface area contributed by atoms with Gasteiger partial charge in [0.25, 0.3) is 5.91 Å². The van der Waals surface area contributed by atoms with Gasteiger partial charge in [-0.3, -0.25) is 14.4 Å². The third-order valence-corrected chi connectivity index (χ3v) is 2.24. The predicted octanol–water partition coefficient (Wildman–Crippen LogP) is -0.916. The molecule has 0 saturated heterocycles. The lowest BCUT2D eigenvalue weighted by Gasteiger charge is -2.11. The first-order valence-corrected chi connectivity index (χ1v) is 5.01. The number of carbonyl (C=O) groups excluding carboxylic acids is 2. The lowest BCUT2D eigenvalue weighted by atomic mass is 10.2. The van der Waals surface area contributed by atoms with Crippen LogP contribution in [-0.4, -0.2) is 35.0 Å². The number of rotatable bonds is 3. The van der Waals surface area contributed by atoms with Gasteiger partial charge in [0, 0.05) is 13.2 Å². The van der Waals surface area contributed by atoms with Gasteiger partial charge in [0.1, 0.15) is 11.6 Å². The predicted molar refractivity (Wildman–Crippen MR) is 59.7 cm³/mol. The molecule has 1 rings (SSSR count). The molecule has 2 amide bonds. The van der Waals surface area contributed by atoms with Crippen LogP contribution in [0, 0.1) is 5.95 Å². The molecule has 7 nitrogen and oxygen atoms in total. The molecular formula is C10H12FN3O4. The first kappa shape index (κ1) is 13.7. The van der Waals surface area contributed by atoms with E-state index in [1.165, 1.54) is 14.0 Å². The van der Waals surface area contributed by atoms with E-state index in [0.29, 0.717) is 0 Å². The van der Waals surface area contributed by atoms with Crippen molar-refractivity contribution in [1.29, 1.82) is 0 Å². The summed E-state index contributed by atoms with van der Waals surface area (Å²) in [7, 11) is 1.39. The quantitative estimate of drug-likeness (QED) is 0.525. The van der Waals surface area contributed by atoms with Crippen LogP contribution in [0.1, 0.15) is 17.3 Å². The Morgan fingerprint density at radius 2 is 2.11 bits per heavy atom. The molecule has 1 unspecified atom stereocenters. The average molecular weight is 257 g/mol. The summed E-state index contributed by atoms with van der Waals surface area (Å²) < 4.78 is 12.8. The van der Waals surface area contributed by atoms with E-state index in [1.54, 1.807) is 0 Å². The van der Waals surface area contributed by atoms with Crippen LogP contribution in [0.25, 0.3) is 0 Å². The van der Waals surface area contributed by atoms with E-state index >= 15 is 0 Å². The molecule has 4 N–H and O–H groups in total. The highest BCUT2D eigenvalue weighted by Crippen LogP contribution is 2.06. The van der Waals surface area contributed by atoms with Crippen LogP contribution in [-0.2, 0) is 4.79 Å². The van der Waals surface area contributed by atoms with Gasteiger partial charge in [0.05, 0.1) is 0 Å². The van der Waals surface area contributed by atoms with Gasteiger partial charge in [-0.1, -0.05) is 0 Å². The SMILES string of the molecule is CNC(=O)C(C)NC(=O)c1c[nH]c(F)c(O)c1=O. The van der Waals surface area contributed by atoms with Crippen molar-refractivity contribution in [3.8, 4) is 5.75 Å². The highest BCUT2D eigenvalue weighted by Gasteiger charge is 2.20. The minimum Gasteiger partial charge on any atom is -0.501 e. The Hall–Kier alpha value is -2.38. The minimum atomic E-state index is -1.23. The van der Waals surface area contributed by atoms with Crippen molar-refractivity contribution >= 4 is 11.8 Å². The summed E-state index contributed by atoms with van der Waals surface area (Å²) in [4.78, 5) is 36.1. The van der Waals surface area contributed by atoms with Crippen LogP contribution < -0.4 is 16.1 Å². The number of aromatic nitrogens is 1. The number of likely N-dealkylation sites (N-methyl/N-ethyl adjacent to an activating group) is 1. The van der Waals surface area contributed by atoms with Gasteiger partial charge in [0.2, 0.25) is 23.0 Å². The van der Waals surface area contributed by atoms with E-state index in [-0.39, 0.29) is 0 Å². The van der Waals surface area contributed by atoms with Gasteiger partial charge in [-0.05, 0) is 6.92 Å². The van der Waals surface area contributed by atoms with Crippen molar-refractivity contribution in [2.45, 2.75) is 13.0 Å². The Balaban J connectivity index is 2.96.